The number of nitrogens with zero attached hydrogens (tertiary/aromatic N) is 3. The first-order valence-corrected chi connectivity index (χ1v) is 5.06. The molecule has 2 aromatic rings. The molecule has 0 bridgehead atoms. The summed E-state index contributed by atoms with van der Waals surface area (Å²) in [7, 11) is 0. The van der Waals surface area contributed by atoms with Crippen LogP contribution < -0.4 is 0 Å². The Balaban J connectivity index is 2.35. The summed E-state index contributed by atoms with van der Waals surface area (Å²) in [5.74, 6) is 0.699. The summed E-state index contributed by atoms with van der Waals surface area (Å²) in [6, 6.07) is 12.1. The van der Waals surface area contributed by atoms with E-state index < -0.39 is 0 Å². The Labute approximate surface area is 94.4 Å². The van der Waals surface area contributed by atoms with Crippen LogP contribution in [0.4, 0.5) is 0 Å². The van der Waals surface area contributed by atoms with Crippen LogP contribution in [0.3, 0.4) is 0 Å². The molecular weight excluding hydrogens is 198 g/mol. The lowest BCUT2D eigenvalue weighted by Gasteiger charge is -2.03. The minimum absolute atomic E-state index is 0.550. The molecule has 0 fully saturated rings. The first kappa shape index (κ1) is 10.3. The number of aromatic nitrogens is 2. The highest BCUT2D eigenvalue weighted by molar-refractivity contribution is 5.34. The van der Waals surface area contributed by atoms with E-state index in [1.165, 1.54) is 0 Å². The fraction of sp³-hybridized carbons (Fsp3) is 0.154. The monoisotopic (exact) mass is 209 g/mol. The molecule has 3 nitrogen and oxygen atoms in total. The van der Waals surface area contributed by atoms with E-state index in [0.717, 1.165) is 11.3 Å². The zero-order valence-electron chi connectivity index (χ0n) is 9.01. The molecule has 16 heavy (non-hydrogen) atoms. The van der Waals surface area contributed by atoms with E-state index in [1.54, 1.807) is 6.20 Å². The van der Waals surface area contributed by atoms with Gasteiger partial charge in [0.2, 0.25) is 0 Å². The molecule has 3 heteroatoms. The van der Waals surface area contributed by atoms with Gasteiger partial charge in [0.1, 0.15) is 11.9 Å². The smallest absolute Gasteiger partial charge is 0.125 e. The molecule has 0 aliphatic carbocycles. The SMILES string of the molecule is Cc1ncc(C#N)c(Cc2ccccc2)n1. The fourth-order valence-electron chi connectivity index (χ4n) is 1.53. The third kappa shape index (κ3) is 2.23. The van der Waals surface area contributed by atoms with Gasteiger partial charge in [0.05, 0.1) is 11.3 Å². The van der Waals surface area contributed by atoms with Crippen LogP contribution in [0.5, 0.6) is 0 Å². The Hall–Kier alpha value is -2.21. The molecule has 1 aromatic carbocycles. The largest absolute Gasteiger partial charge is 0.240 e. The average molecular weight is 209 g/mol. The highest BCUT2D eigenvalue weighted by atomic mass is 14.9. The van der Waals surface area contributed by atoms with Crippen LogP contribution in [-0.4, -0.2) is 9.97 Å². The number of aryl methyl sites for hydroxylation is 1. The molecule has 0 saturated heterocycles. The quantitative estimate of drug-likeness (QED) is 0.762. The van der Waals surface area contributed by atoms with Crippen molar-refractivity contribution in [2.45, 2.75) is 13.3 Å². The molecule has 2 rings (SSSR count). The Bertz CT molecular complexity index is 527. The van der Waals surface area contributed by atoms with Crippen LogP contribution in [0, 0.1) is 18.3 Å². The Morgan fingerprint density at radius 2 is 2.00 bits per heavy atom. The minimum atomic E-state index is 0.550. The van der Waals surface area contributed by atoms with Crippen LogP contribution in [-0.2, 0) is 6.42 Å². The van der Waals surface area contributed by atoms with Crippen molar-refractivity contribution in [1.82, 2.24) is 9.97 Å². The van der Waals surface area contributed by atoms with Crippen LogP contribution >= 0.6 is 0 Å². The van der Waals surface area contributed by atoms with E-state index in [4.69, 9.17) is 5.26 Å². The maximum Gasteiger partial charge on any atom is 0.125 e. The molecule has 1 aromatic heterocycles. The number of benzene rings is 1. The topological polar surface area (TPSA) is 49.6 Å². The molecule has 1 heterocycles. The van der Waals surface area contributed by atoms with Gasteiger partial charge in [0.25, 0.3) is 0 Å². The van der Waals surface area contributed by atoms with Crippen molar-refractivity contribution in [3.63, 3.8) is 0 Å². The van der Waals surface area contributed by atoms with Crippen molar-refractivity contribution in [1.29, 1.82) is 5.26 Å². The van der Waals surface area contributed by atoms with Gasteiger partial charge in [0.15, 0.2) is 0 Å². The predicted molar refractivity (Wildman–Crippen MR) is 60.7 cm³/mol. The molecule has 0 atom stereocenters. The molecule has 78 valence electrons. The molecule has 0 saturated carbocycles. The molecule has 0 spiro atoms. The van der Waals surface area contributed by atoms with Crippen molar-refractivity contribution in [3.8, 4) is 6.07 Å². The lowest BCUT2D eigenvalue weighted by Crippen LogP contribution is -2.00. The molecule has 0 aliphatic rings. The molecule has 0 radical (unpaired) electrons. The Morgan fingerprint density at radius 1 is 1.25 bits per heavy atom. The van der Waals surface area contributed by atoms with Crippen molar-refractivity contribution in [2.75, 3.05) is 0 Å². The van der Waals surface area contributed by atoms with Gasteiger partial charge >= 0.3 is 0 Å². The van der Waals surface area contributed by atoms with E-state index in [0.29, 0.717) is 17.8 Å². The lowest BCUT2D eigenvalue weighted by atomic mass is 10.1. The van der Waals surface area contributed by atoms with Gasteiger partial charge < -0.3 is 0 Å². The summed E-state index contributed by atoms with van der Waals surface area (Å²) < 4.78 is 0. The average Bonchev–Trinajstić information content (AvgIpc) is 2.31. The maximum atomic E-state index is 8.96. The van der Waals surface area contributed by atoms with Gasteiger partial charge in [-0.15, -0.1) is 0 Å². The molecule has 0 aliphatic heterocycles. The normalized spacial score (nSPS) is 9.75. The molecule has 0 unspecified atom stereocenters. The third-order valence-corrected chi connectivity index (χ3v) is 2.32. The molecular formula is C13H11N3. The lowest BCUT2D eigenvalue weighted by molar-refractivity contribution is 0.958. The van der Waals surface area contributed by atoms with E-state index in [1.807, 2.05) is 37.3 Å². The molecule has 0 amide bonds. The summed E-state index contributed by atoms with van der Waals surface area (Å²) >= 11 is 0. The highest BCUT2D eigenvalue weighted by Crippen LogP contribution is 2.10. The van der Waals surface area contributed by atoms with Crippen LogP contribution in [0.25, 0.3) is 0 Å². The summed E-state index contributed by atoms with van der Waals surface area (Å²) in [5.41, 5.74) is 2.49. The first-order chi connectivity index (χ1) is 7.79. The highest BCUT2D eigenvalue weighted by Gasteiger charge is 2.05. The number of rotatable bonds is 2. The van der Waals surface area contributed by atoms with Crippen molar-refractivity contribution in [3.05, 3.63) is 59.2 Å². The van der Waals surface area contributed by atoms with Gasteiger partial charge in [-0.3, -0.25) is 0 Å². The summed E-state index contributed by atoms with van der Waals surface area (Å²) in [5, 5.41) is 8.96. The van der Waals surface area contributed by atoms with E-state index in [2.05, 4.69) is 16.0 Å². The maximum absolute atomic E-state index is 8.96. The Kier molecular flexibility index (Phi) is 2.93. The Morgan fingerprint density at radius 3 is 2.69 bits per heavy atom. The van der Waals surface area contributed by atoms with Gasteiger partial charge in [-0.1, -0.05) is 30.3 Å². The number of nitriles is 1. The zero-order valence-corrected chi connectivity index (χ0v) is 9.01. The predicted octanol–water partition coefficient (Wildman–Crippen LogP) is 2.25. The first-order valence-electron chi connectivity index (χ1n) is 5.06. The third-order valence-electron chi connectivity index (χ3n) is 2.32. The van der Waals surface area contributed by atoms with Crippen LogP contribution in [0.2, 0.25) is 0 Å². The fourth-order valence-corrected chi connectivity index (χ4v) is 1.53. The second kappa shape index (κ2) is 4.54. The van der Waals surface area contributed by atoms with Gasteiger partial charge in [-0.05, 0) is 12.5 Å². The standard InChI is InChI=1S/C13H11N3/c1-10-15-9-12(8-14)13(16-10)7-11-5-3-2-4-6-11/h2-6,9H,7H2,1H3. The number of hydrogen-bond acceptors (Lipinski definition) is 3. The number of hydrogen-bond donors (Lipinski definition) is 0. The second-order valence-electron chi connectivity index (χ2n) is 3.55. The van der Waals surface area contributed by atoms with Gasteiger partial charge in [-0.2, -0.15) is 5.26 Å². The molecule has 0 N–H and O–H groups in total. The van der Waals surface area contributed by atoms with Crippen LogP contribution in [0.1, 0.15) is 22.6 Å². The minimum Gasteiger partial charge on any atom is -0.240 e. The summed E-state index contributed by atoms with van der Waals surface area (Å²) in [4.78, 5) is 8.32. The zero-order chi connectivity index (χ0) is 11.4. The van der Waals surface area contributed by atoms with Crippen molar-refractivity contribution >= 4 is 0 Å². The van der Waals surface area contributed by atoms with E-state index >= 15 is 0 Å². The van der Waals surface area contributed by atoms with Crippen molar-refractivity contribution in [2.24, 2.45) is 0 Å². The van der Waals surface area contributed by atoms with E-state index in [-0.39, 0.29) is 0 Å². The summed E-state index contributed by atoms with van der Waals surface area (Å²) in [6.45, 7) is 1.83. The summed E-state index contributed by atoms with van der Waals surface area (Å²) in [6.07, 6.45) is 2.26. The second-order valence-corrected chi connectivity index (χ2v) is 3.55. The van der Waals surface area contributed by atoms with Crippen LogP contribution in [0.15, 0.2) is 36.5 Å². The van der Waals surface area contributed by atoms with E-state index in [9.17, 15) is 0 Å². The van der Waals surface area contributed by atoms with Crippen molar-refractivity contribution < 1.29 is 0 Å². The van der Waals surface area contributed by atoms with Gasteiger partial charge in [-0.25, -0.2) is 9.97 Å². The van der Waals surface area contributed by atoms with Gasteiger partial charge in [0, 0.05) is 12.6 Å².